The number of carbonyl (C=O) groups excluding carboxylic acids is 1. The fraction of sp³-hybridized carbons (Fsp3) is 0.625. The number of hydrogen-bond donors (Lipinski definition) is 2. The third-order valence-corrected chi connectivity index (χ3v) is 2.98. The lowest BCUT2D eigenvalue weighted by Crippen LogP contribution is -2.32. The van der Waals surface area contributed by atoms with Gasteiger partial charge in [-0.1, -0.05) is 0 Å². The van der Waals surface area contributed by atoms with Crippen LogP contribution in [0.3, 0.4) is 0 Å². The molecule has 0 spiro atoms. The highest BCUT2D eigenvalue weighted by atomic mass is 32.1. The number of anilines is 2. The number of amides is 1. The van der Waals surface area contributed by atoms with Gasteiger partial charge in [0.2, 0.25) is 17.0 Å². The predicted molar refractivity (Wildman–Crippen MR) is 58.6 cm³/mol. The van der Waals surface area contributed by atoms with E-state index in [4.69, 9.17) is 5.73 Å². The standard InChI is InChI=1S/C8H13N5OS/c9-7-11-8(15-12-7)10-5-6(14)13-3-1-2-4-13/h1-5H2,(H3,9,10,11,12). The van der Waals surface area contributed by atoms with E-state index in [1.165, 1.54) is 11.5 Å². The first kappa shape index (κ1) is 10.2. The van der Waals surface area contributed by atoms with Crippen molar-refractivity contribution in [3.8, 4) is 0 Å². The van der Waals surface area contributed by atoms with E-state index < -0.39 is 0 Å². The Kier molecular flexibility index (Phi) is 3.00. The SMILES string of the molecule is Nc1nsc(NCC(=O)N2CCCC2)n1. The molecule has 0 bridgehead atoms. The van der Waals surface area contributed by atoms with Crippen molar-refractivity contribution in [3.05, 3.63) is 0 Å². The van der Waals surface area contributed by atoms with Gasteiger partial charge >= 0.3 is 0 Å². The first-order valence-corrected chi connectivity index (χ1v) is 5.64. The van der Waals surface area contributed by atoms with Crippen LogP contribution >= 0.6 is 11.5 Å². The van der Waals surface area contributed by atoms with E-state index in [2.05, 4.69) is 14.7 Å². The smallest absolute Gasteiger partial charge is 0.241 e. The molecular weight excluding hydrogens is 214 g/mol. The quantitative estimate of drug-likeness (QED) is 0.768. The summed E-state index contributed by atoms with van der Waals surface area (Å²) < 4.78 is 3.81. The second-order valence-electron chi connectivity index (χ2n) is 3.40. The van der Waals surface area contributed by atoms with Gasteiger partial charge in [0.15, 0.2) is 0 Å². The maximum Gasteiger partial charge on any atom is 0.241 e. The summed E-state index contributed by atoms with van der Waals surface area (Å²) in [6.07, 6.45) is 2.22. The van der Waals surface area contributed by atoms with Crippen molar-refractivity contribution in [1.82, 2.24) is 14.3 Å². The average molecular weight is 227 g/mol. The molecule has 3 N–H and O–H groups in total. The second kappa shape index (κ2) is 4.43. The zero-order chi connectivity index (χ0) is 10.7. The maximum absolute atomic E-state index is 11.6. The Bertz CT molecular complexity index is 347. The largest absolute Gasteiger partial charge is 0.367 e. The number of rotatable bonds is 3. The highest BCUT2D eigenvalue weighted by Gasteiger charge is 2.17. The van der Waals surface area contributed by atoms with Gasteiger partial charge in [-0.25, -0.2) is 0 Å². The molecular formula is C8H13N5OS. The van der Waals surface area contributed by atoms with Crippen molar-refractivity contribution in [2.24, 2.45) is 0 Å². The topological polar surface area (TPSA) is 84.1 Å². The summed E-state index contributed by atoms with van der Waals surface area (Å²) in [7, 11) is 0. The van der Waals surface area contributed by atoms with Crippen LogP contribution in [-0.4, -0.2) is 39.8 Å². The van der Waals surface area contributed by atoms with Crippen LogP contribution in [0, 0.1) is 0 Å². The number of nitrogen functional groups attached to an aromatic ring is 1. The molecule has 15 heavy (non-hydrogen) atoms. The van der Waals surface area contributed by atoms with Crippen molar-refractivity contribution in [3.63, 3.8) is 0 Å². The number of aromatic nitrogens is 2. The first-order valence-electron chi connectivity index (χ1n) is 4.86. The van der Waals surface area contributed by atoms with Crippen molar-refractivity contribution < 1.29 is 4.79 Å². The van der Waals surface area contributed by atoms with E-state index in [0.717, 1.165) is 25.9 Å². The molecule has 6 nitrogen and oxygen atoms in total. The van der Waals surface area contributed by atoms with Crippen LogP contribution in [-0.2, 0) is 4.79 Å². The van der Waals surface area contributed by atoms with Gasteiger partial charge in [0, 0.05) is 24.6 Å². The Hall–Kier alpha value is -1.37. The molecule has 1 aromatic rings. The molecule has 1 aliphatic rings. The highest BCUT2D eigenvalue weighted by molar-refractivity contribution is 7.09. The fourth-order valence-electron chi connectivity index (χ4n) is 1.54. The second-order valence-corrected chi connectivity index (χ2v) is 4.15. The summed E-state index contributed by atoms with van der Waals surface area (Å²) in [5, 5.41) is 3.51. The van der Waals surface area contributed by atoms with Crippen LogP contribution in [0.5, 0.6) is 0 Å². The summed E-state index contributed by atoms with van der Waals surface area (Å²) in [6.45, 7) is 2.02. The fourth-order valence-corrected chi connectivity index (χ4v) is 2.03. The predicted octanol–water partition coefficient (Wildman–Crippen LogP) is 0.155. The van der Waals surface area contributed by atoms with Gasteiger partial charge in [-0.2, -0.15) is 9.36 Å². The molecule has 1 aliphatic heterocycles. The number of likely N-dealkylation sites (tertiary alicyclic amines) is 1. The molecule has 1 amide bonds. The third kappa shape index (κ3) is 2.56. The van der Waals surface area contributed by atoms with Gasteiger partial charge in [-0.15, -0.1) is 0 Å². The van der Waals surface area contributed by atoms with E-state index in [9.17, 15) is 4.79 Å². The van der Waals surface area contributed by atoms with Gasteiger partial charge in [0.05, 0.1) is 6.54 Å². The Balaban J connectivity index is 1.80. The van der Waals surface area contributed by atoms with Crippen LogP contribution in [0.1, 0.15) is 12.8 Å². The molecule has 0 radical (unpaired) electrons. The van der Waals surface area contributed by atoms with E-state index >= 15 is 0 Å². The van der Waals surface area contributed by atoms with E-state index in [1.54, 1.807) is 0 Å². The van der Waals surface area contributed by atoms with E-state index in [-0.39, 0.29) is 18.4 Å². The Morgan fingerprint density at radius 1 is 1.53 bits per heavy atom. The summed E-state index contributed by atoms with van der Waals surface area (Å²) in [5.41, 5.74) is 5.36. The molecule has 0 saturated carbocycles. The highest BCUT2D eigenvalue weighted by Crippen LogP contribution is 2.12. The molecule has 7 heteroatoms. The Labute approximate surface area is 91.6 Å². The lowest BCUT2D eigenvalue weighted by Gasteiger charge is -2.14. The number of nitrogens with two attached hydrogens (primary N) is 1. The molecule has 1 aromatic heterocycles. The monoisotopic (exact) mass is 227 g/mol. The molecule has 2 heterocycles. The molecule has 1 fully saturated rings. The van der Waals surface area contributed by atoms with Crippen molar-refractivity contribution in [2.45, 2.75) is 12.8 Å². The van der Waals surface area contributed by atoms with Crippen LogP contribution in [0.25, 0.3) is 0 Å². The van der Waals surface area contributed by atoms with Crippen LogP contribution in [0.2, 0.25) is 0 Å². The third-order valence-electron chi connectivity index (χ3n) is 2.29. The Morgan fingerprint density at radius 3 is 2.87 bits per heavy atom. The lowest BCUT2D eigenvalue weighted by atomic mass is 10.4. The normalized spacial score (nSPS) is 15.6. The molecule has 0 atom stereocenters. The van der Waals surface area contributed by atoms with Crippen LogP contribution in [0.4, 0.5) is 11.1 Å². The first-order chi connectivity index (χ1) is 7.25. The molecule has 82 valence electrons. The van der Waals surface area contributed by atoms with Gasteiger partial charge in [-0.3, -0.25) is 4.79 Å². The average Bonchev–Trinajstić information content (AvgIpc) is 2.84. The van der Waals surface area contributed by atoms with Crippen LogP contribution < -0.4 is 11.1 Å². The van der Waals surface area contributed by atoms with Crippen LogP contribution in [0.15, 0.2) is 0 Å². The van der Waals surface area contributed by atoms with Crippen molar-refractivity contribution in [1.29, 1.82) is 0 Å². The van der Waals surface area contributed by atoms with Gasteiger partial charge in [-0.05, 0) is 12.8 Å². The molecule has 1 saturated heterocycles. The molecule has 0 unspecified atom stereocenters. The van der Waals surface area contributed by atoms with Crippen molar-refractivity contribution >= 4 is 28.5 Å². The minimum absolute atomic E-state index is 0.112. The minimum Gasteiger partial charge on any atom is -0.367 e. The number of nitrogens with zero attached hydrogens (tertiary/aromatic N) is 3. The lowest BCUT2D eigenvalue weighted by molar-refractivity contribution is -0.128. The maximum atomic E-state index is 11.6. The summed E-state index contributed by atoms with van der Waals surface area (Å²) in [5.74, 6) is 0.359. The molecule has 2 rings (SSSR count). The van der Waals surface area contributed by atoms with Gasteiger partial charge < -0.3 is 16.0 Å². The van der Waals surface area contributed by atoms with Crippen molar-refractivity contribution in [2.75, 3.05) is 30.7 Å². The molecule has 0 aromatic carbocycles. The summed E-state index contributed by atoms with van der Waals surface area (Å²) in [4.78, 5) is 17.4. The number of carbonyl (C=O) groups is 1. The summed E-state index contributed by atoms with van der Waals surface area (Å²) >= 11 is 1.17. The number of nitrogens with one attached hydrogen (secondary N) is 1. The van der Waals surface area contributed by atoms with E-state index in [0.29, 0.717) is 5.13 Å². The van der Waals surface area contributed by atoms with Gasteiger partial charge in [0.1, 0.15) is 0 Å². The summed E-state index contributed by atoms with van der Waals surface area (Å²) in [6, 6.07) is 0. The minimum atomic E-state index is 0.112. The van der Waals surface area contributed by atoms with Gasteiger partial charge in [0.25, 0.3) is 0 Å². The zero-order valence-electron chi connectivity index (χ0n) is 8.27. The number of hydrogen-bond acceptors (Lipinski definition) is 6. The Morgan fingerprint density at radius 2 is 2.27 bits per heavy atom. The molecule has 0 aliphatic carbocycles. The van der Waals surface area contributed by atoms with E-state index in [1.807, 2.05) is 4.90 Å². The zero-order valence-corrected chi connectivity index (χ0v) is 9.09.